The maximum absolute atomic E-state index is 12.1. The van der Waals surface area contributed by atoms with Gasteiger partial charge in [-0.15, -0.1) is 11.3 Å². The van der Waals surface area contributed by atoms with E-state index in [-0.39, 0.29) is 24.3 Å². The molecule has 1 aromatic rings. The highest BCUT2D eigenvalue weighted by Crippen LogP contribution is 2.37. The van der Waals surface area contributed by atoms with Crippen LogP contribution in [-0.2, 0) is 9.63 Å². The summed E-state index contributed by atoms with van der Waals surface area (Å²) >= 11 is 1.62. The average Bonchev–Trinajstić information content (AvgIpc) is 3.16. The first-order chi connectivity index (χ1) is 11.4. The van der Waals surface area contributed by atoms with E-state index in [2.05, 4.69) is 5.16 Å². The summed E-state index contributed by atoms with van der Waals surface area (Å²) < 4.78 is 36.4. The van der Waals surface area contributed by atoms with Crippen molar-refractivity contribution in [3.05, 3.63) is 22.4 Å². The van der Waals surface area contributed by atoms with Gasteiger partial charge in [0.25, 0.3) is 0 Å². The number of carbonyl (C=O) groups excluding carboxylic acids is 1. The van der Waals surface area contributed by atoms with E-state index in [1.54, 1.807) is 16.2 Å². The van der Waals surface area contributed by atoms with E-state index in [0.29, 0.717) is 25.9 Å². The van der Waals surface area contributed by atoms with Crippen molar-refractivity contribution >= 4 is 23.0 Å². The molecule has 0 N–H and O–H groups in total. The molecule has 3 rings (SSSR count). The smallest absolute Gasteiger partial charge is 0.388 e. The van der Waals surface area contributed by atoms with Crippen LogP contribution in [0.3, 0.4) is 0 Å². The molecule has 0 radical (unpaired) electrons. The Labute approximate surface area is 142 Å². The van der Waals surface area contributed by atoms with E-state index in [4.69, 9.17) is 4.84 Å². The van der Waals surface area contributed by atoms with Gasteiger partial charge < -0.3 is 9.74 Å². The van der Waals surface area contributed by atoms with Gasteiger partial charge in [0, 0.05) is 45.2 Å². The van der Waals surface area contributed by atoms with Crippen molar-refractivity contribution in [3.63, 3.8) is 0 Å². The number of piperidine rings is 1. The summed E-state index contributed by atoms with van der Waals surface area (Å²) in [6.45, 7) is 1.02. The van der Waals surface area contributed by atoms with Crippen LogP contribution in [0.4, 0.5) is 13.2 Å². The third kappa shape index (κ3) is 4.09. The first-order valence-corrected chi connectivity index (χ1v) is 8.88. The number of rotatable bonds is 4. The van der Waals surface area contributed by atoms with Crippen molar-refractivity contribution in [2.24, 2.45) is 5.16 Å². The molecule has 0 saturated carbocycles. The molecule has 2 aliphatic rings. The van der Waals surface area contributed by atoms with Crippen LogP contribution in [0.2, 0.25) is 0 Å². The Morgan fingerprint density at radius 1 is 1.38 bits per heavy atom. The first-order valence-electron chi connectivity index (χ1n) is 8.00. The van der Waals surface area contributed by atoms with Crippen LogP contribution in [0.1, 0.15) is 43.4 Å². The van der Waals surface area contributed by atoms with Crippen LogP contribution < -0.4 is 0 Å². The van der Waals surface area contributed by atoms with Gasteiger partial charge in [-0.3, -0.25) is 4.79 Å². The molecule has 4 nitrogen and oxygen atoms in total. The van der Waals surface area contributed by atoms with Crippen LogP contribution >= 0.6 is 11.3 Å². The lowest BCUT2D eigenvalue weighted by atomic mass is 9.86. The average molecular weight is 360 g/mol. The first kappa shape index (κ1) is 17.3. The summed E-state index contributed by atoms with van der Waals surface area (Å²) in [7, 11) is 0. The third-order valence-electron chi connectivity index (χ3n) is 4.52. The Bertz CT molecular complexity index is 605. The number of hydrogen-bond acceptors (Lipinski definition) is 4. The van der Waals surface area contributed by atoms with Crippen molar-refractivity contribution in [1.82, 2.24) is 4.90 Å². The maximum atomic E-state index is 12.1. The molecule has 1 aromatic heterocycles. The Balaban J connectivity index is 1.46. The van der Waals surface area contributed by atoms with Crippen LogP contribution in [0.5, 0.6) is 0 Å². The molecule has 24 heavy (non-hydrogen) atoms. The van der Waals surface area contributed by atoms with Crippen LogP contribution in [0.15, 0.2) is 22.7 Å². The summed E-state index contributed by atoms with van der Waals surface area (Å²) in [5, 5.41) is 6.19. The van der Waals surface area contributed by atoms with Gasteiger partial charge in [-0.2, -0.15) is 13.2 Å². The Morgan fingerprint density at radius 2 is 2.12 bits per heavy atom. The number of thiophene rings is 1. The van der Waals surface area contributed by atoms with Crippen molar-refractivity contribution in [3.8, 4) is 0 Å². The fraction of sp³-hybridized carbons (Fsp3) is 0.625. The van der Waals surface area contributed by atoms with Gasteiger partial charge in [0.05, 0.1) is 4.88 Å². The molecule has 1 fully saturated rings. The second kappa shape index (κ2) is 6.74. The second-order valence-corrected chi connectivity index (χ2v) is 7.26. The van der Waals surface area contributed by atoms with Crippen LogP contribution in [-0.4, -0.2) is 41.4 Å². The molecule has 0 unspecified atom stereocenters. The predicted octanol–water partition coefficient (Wildman–Crippen LogP) is 3.97. The molecule has 1 saturated heterocycles. The minimum Gasteiger partial charge on any atom is -0.388 e. The summed E-state index contributed by atoms with van der Waals surface area (Å²) in [4.78, 5) is 20.5. The lowest BCUT2D eigenvalue weighted by molar-refractivity contribution is -0.142. The zero-order valence-electron chi connectivity index (χ0n) is 13.1. The highest BCUT2D eigenvalue weighted by atomic mass is 32.1. The van der Waals surface area contributed by atoms with E-state index >= 15 is 0 Å². The van der Waals surface area contributed by atoms with Crippen molar-refractivity contribution in [2.75, 3.05) is 13.1 Å². The standard InChI is InChI=1S/C16H19F3N2O2S/c17-16(18,19)5-1-4-14(22)21-8-6-15(7-9-21)11-12(20-23-15)13-3-2-10-24-13/h2-3,10H,1,4-9,11H2. The lowest BCUT2D eigenvalue weighted by Crippen LogP contribution is -2.46. The van der Waals surface area contributed by atoms with Gasteiger partial charge in [-0.25, -0.2) is 0 Å². The quantitative estimate of drug-likeness (QED) is 0.815. The normalized spacial score (nSPS) is 20.1. The van der Waals surface area contributed by atoms with E-state index in [9.17, 15) is 18.0 Å². The Hall–Kier alpha value is -1.57. The predicted molar refractivity (Wildman–Crippen MR) is 85.0 cm³/mol. The number of likely N-dealkylation sites (tertiary alicyclic amines) is 1. The van der Waals surface area contributed by atoms with Gasteiger partial charge in [0.1, 0.15) is 11.3 Å². The Morgan fingerprint density at radius 3 is 2.75 bits per heavy atom. The molecule has 0 atom stereocenters. The summed E-state index contributed by atoms with van der Waals surface area (Å²) in [5.41, 5.74) is 0.581. The molecule has 2 aliphatic heterocycles. The molecule has 1 spiro atoms. The molecule has 3 heterocycles. The summed E-state index contributed by atoms with van der Waals surface area (Å²) in [6, 6.07) is 3.97. The molecule has 0 aromatic carbocycles. The maximum Gasteiger partial charge on any atom is 0.389 e. The van der Waals surface area contributed by atoms with Crippen molar-refractivity contribution in [2.45, 2.75) is 50.3 Å². The Kier molecular flexibility index (Phi) is 4.85. The highest BCUT2D eigenvalue weighted by Gasteiger charge is 2.43. The van der Waals surface area contributed by atoms with Gasteiger partial charge in [0.2, 0.25) is 5.91 Å². The minimum absolute atomic E-state index is 0.0513. The lowest BCUT2D eigenvalue weighted by Gasteiger charge is -2.37. The number of hydrogen-bond donors (Lipinski definition) is 0. The van der Waals surface area contributed by atoms with Gasteiger partial charge in [-0.1, -0.05) is 11.2 Å². The van der Waals surface area contributed by atoms with E-state index < -0.39 is 12.6 Å². The topological polar surface area (TPSA) is 41.9 Å². The van der Waals surface area contributed by atoms with Gasteiger partial charge >= 0.3 is 6.18 Å². The summed E-state index contributed by atoms with van der Waals surface area (Å²) in [6.07, 6.45) is -3.25. The monoisotopic (exact) mass is 360 g/mol. The van der Waals surface area contributed by atoms with E-state index in [1.807, 2.05) is 17.5 Å². The number of carbonyl (C=O) groups is 1. The minimum atomic E-state index is -4.19. The SMILES string of the molecule is O=C(CCCC(F)(F)F)N1CCC2(CC1)CC(c1cccs1)=NO2. The van der Waals surface area contributed by atoms with Gasteiger partial charge in [-0.05, 0) is 17.9 Å². The molecule has 0 aliphatic carbocycles. The highest BCUT2D eigenvalue weighted by molar-refractivity contribution is 7.12. The van der Waals surface area contributed by atoms with E-state index in [0.717, 1.165) is 17.0 Å². The molecule has 132 valence electrons. The largest absolute Gasteiger partial charge is 0.389 e. The fourth-order valence-electron chi connectivity index (χ4n) is 3.13. The second-order valence-electron chi connectivity index (χ2n) is 6.32. The number of alkyl halides is 3. The fourth-order valence-corrected chi connectivity index (χ4v) is 3.83. The van der Waals surface area contributed by atoms with E-state index in [1.165, 1.54) is 0 Å². The number of oxime groups is 1. The molecular weight excluding hydrogens is 341 g/mol. The van der Waals surface area contributed by atoms with Crippen LogP contribution in [0.25, 0.3) is 0 Å². The van der Waals surface area contributed by atoms with Crippen molar-refractivity contribution in [1.29, 1.82) is 0 Å². The molecule has 0 bridgehead atoms. The zero-order valence-corrected chi connectivity index (χ0v) is 14.0. The molecule has 8 heteroatoms. The number of nitrogens with zero attached hydrogens (tertiary/aromatic N) is 2. The third-order valence-corrected chi connectivity index (χ3v) is 5.44. The van der Waals surface area contributed by atoms with Gasteiger partial charge in [0.15, 0.2) is 0 Å². The number of halogens is 3. The molecule has 1 amide bonds. The number of amides is 1. The van der Waals surface area contributed by atoms with Crippen LogP contribution in [0, 0.1) is 0 Å². The van der Waals surface area contributed by atoms with Crippen molar-refractivity contribution < 1.29 is 22.8 Å². The molecular formula is C16H19F3N2O2S. The zero-order chi connectivity index (χ0) is 17.2. The summed E-state index contributed by atoms with van der Waals surface area (Å²) in [5.74, 6) is -0.202.